The number of rotatable bonds is 3. The van der Waals surface area contributed by atoms with Crippen LogP contribution in [0.5, 0.6) is 0 Å². The summed E-state index contributed by atoms with van der Waals surface area (Å²) in [5, 5.41) is 3.62. The van der Waals surface area contributed by atoms with Crippen LogP contribution in [-0.2, 0) is 0 Å². The number of anilines is 1. The Morgan fingerprint density at radius 1 is 1.37 bits per heavy atom. The molecule has 1 heterocycles. The lowest BCUT2D eigenvalue weighted by Crippen LogP contribution is -2.39. The minimum Gasteiger partial charge on any atom is -0.370 e. The van der Waals surface area contributed by atoms with E-state index >= 15 is 0 Å². The molecule has 1 atom stereocenters. The van der Waals surface area contributed by atoms with Gasteiger partial charge in [0, 0.05) is 29.6 Å². The van der Waals surface area contributed by atoms with Gasteiger partial charge in [0.25, 0.3) is 0 Å². The molecule has 0 aromatic heterocycles. The van der Waals surface area contributed by atoms with Gasteiger partial charge in [0.1, 0.15) is 0 Å². The number of nitrogens with zero attached hydrogens (tertiary/aromatic N) is 1. The molecule has 0 spiro atoms. The van der Waals surface area contributed by atoms with Gasteiger partial charge in [-0.15, -0.1) is 0 Å². The van der Waals surface area contributed by atoms with Crippen molar-refractivity contribution in [3.8, 4) is 0 Å². The molecule has 0 amide bonds. The zero-order valence-corrected chi connectivity index (χ0v) is 14.0. The van der Waals surface area contributed by atoms with Gasteiger partial charge in [0.2, 0.25) is 0 Å². The molecule has 0 bridgehead atoms. The first-order valence-corrected chi connectivity index (χ1v) is 7.90. The zero-order chi connectivity index (χ0) is 14.0. The fourth-order valence-corrected chi connectivity index (χ4v) is 3.28. The van der Waals surface area contributed by atoms with Crippen molar-refractivity contribution in [2.75, 3.05) is 24.5 Å². The molecular weight excluding hydrogens is 300 g/mol. The Balaban J connectivity index is 1.94. The molecule has 2 rings (SSSR count). The third-order valence-electron chi connectivity index (χ3n) is 3.65. The van der Waals surface area contributed by atoms with Crippen molar-refractivity contribution < 1.29 is 0 Å². The van der Waals surface area contributed by atoms with Crippen molar-refractivity contribution in [1.82, 2.24) is 5.32 Å². The lowest BCUT2D eigenvalue weighted by atomic mass is 10.1. The van der Waals surface area contributed by atoms with E-state index < -0.39 is 0 Å². The number of hydrogen-bond acceptors (Lipinski definition) is 2. The maximum atomic E-state index is 3.69. The lowest BCUT2D eigenvalue weighted by molar-refractivity contribution is 0.383. The number of aryl methyl sites for hydroxylation is 1. The van der Waals surface area contributed by atoms with Crippen LogP contribution >= 0.6 is 15.9 Å². The van der Waals surface area contributed by atoms with Crippen LogP contribution in [0, 0.1) is 12.8 Å². The monoisotopic (exact) mass is 324 g/mol. The summed E-state index contributed by atoms with van der Waals surface area (Å²) in [4.78, 5) is 2.50. The fraction of sp³-hybridized carbons (Fsp3) is 0.625. The third-order valence-corrected chi connectivity index (χ3v) is 4.29. The molecule has 2 nitrogen and oxygen atoms in total. The fourth-order valence-electron chi connectivity index (χ4n) is 2.54. The highest BCUT2D eigenvalue weighted by Gasteiger charge is 2.24. The van der Waals surface area contributed by atoms with Crippen molar-refractivity contribution in [2.24, 2.45) is 5.92 Å². The Labute approximate surface area is 125 Å². The average molecular weight is 325 g/mol. The molecule has 0 aliphatic carbocycles. The Kier molecular flexibility index (Phi) is 4.57. The third kappa shape index (κ3) is 4.22. The molecule has 1 N–H and O–H groups in total. The minimum absolute atomic E-state index is 0.220. The maximum Gasteiger partial charge on any atom is 0.0510 e. The highest BCUT2D eigenvalue weighted by Crippen LogP contribution is 2.31. The predicted molar refractivity (Wildman–Crippen MR) is 87.0 cm³/mol. The highest BCUT2D eigenvalue weighted by atomic mass is 79.9. The van der Waals surface area contributed by atoms with Gasteiger partial charge in [0.05, 0.1) is 5.69 Å². The Bertz CT molecular complexity index is 437. The molecule has 1 aliphatic rings. The van der Waals surface area contributed by atoms with Gasteiger partial charge in [-0.1, -0.05) is 6.07 Å². The number of benzene rings is 1. The molecule has 1 aliphatic heterocycles. The highest BCUT2D eigenvalue weighted by molar-refractivity contribution is 9.10. The second kappa shape index (κ2) is 5.84. The quantitative estimate of drug-likeness (QED) is 0.904. The Morgan fingerprint density at radius 2 is 2.11 bits per heavy atom. The summed E-state index contributed by atoms with van der Waals surface area (Å²) in [7, 11) is 0. The van der Waals surface area contributed by atoms with E-state index in [-0.39, 0.29) is 5.54 Å². The molecule has 19 heavy (non-hydrogen) atoms. The molecule has 1 aromatic rings. The van der Waals surface area contributed by atoms with Crippen LogP contribution in [0.4, 0.5) is 5.69 Å². The topological polar surface area (TPSA) is 15.3 Å². The van der Waals surface area contributed by atoms with Crippen LogP contribution in [-0.4, -0.2) is 25.2 Å². The average Bonchev–Trinajstić information content (AvgIpc) is 2.74. The van der Waals surface area contributed by atoms with Crippen LogP contribution in [0.15, 0.2) is 22.7 Å². The van der Waals surface area contributed by atoms with Crippen LogP contribution < -0.4 is 10.2 Å². The largest absolute Gasteiger partial charge is 0.370 e. The maximum absolute atomic E-state index is 3.69. The lowest BCUT2D eigenvalue weighted by Gasteiger charge is -2.24. The molecule has 3 heteroatoms. The second-order valence-electron chi connectivity index (χ2n) is 6.69. The van der Waals surface area contributed by atoms with Gasteiger partial charge in [0.15, 0.2) is 0 Å². The van der Waals surface area contributed by atoms with Gasteiger partial charge in [-0.05, 0) is 73.7 Å². The number of hydrogen-bond donors (Lipinski definition) is 1. The van der Waals surface area contributed by atoms with E-state index in [1.807, 2.05) is 0 Å². The molecule has 106 valence electrons. The summed E-state index contributed by atoms with van der Waals surface area (Å²) in [5.74, 6) is 0.757. The number of nitrogens with one attached hydrogen (secondary N) is 1. The first kappa shape index (κ1) is 14.9. The van der Waals surface area contributed by atoms with Crippen molar-refractivity contribution in [3.05, 3.63) is 28.2 Å². The van der Waals surface area contributed by atoms with Crippen molar-refractivity contribution in [3.63, 3.8) is 0 Å². The summed E-state index contributed by atoms with van der Waals surface area (Å²) in [6, 6.07) is 6.63. The predicted octanol–water partition coefficient (Wildman–Crippen LogP) is 3.97. The standard InChI is InChI=1S/C16H25BrN2/c1-12-5-6-15(14(17)9-12)19-8-7-13(11-19)10-18-16(2,3)4/h5-6,9,13,18H,7-8,10-11H2,1-4H3. The summed E-state index contributed by atoms with van der Waals surface area (Å²) < 4.78 is 1.22. The molecule has 1 unspecified atom stereocenters. The molecule has 1 fully saturated rings. The minimum atomic E-state index is 0.220. The van der Waals surface area contributed by atoms with Gasteiger partial charge >= 0.3 is 0 Å². The van der Waals surface area contributed by atoms with Crippen LogP contribution in [0.2, 0.25) is 0 Å². The van der Waals surface area contributed by atoms with Crippen molar-refractivity contribution >= 4 is 21.6 Å². The molecular formula is C16H25BrN2. The second-order valence-corrected chi connectivity index (χ2v) is 7.54. The molecule has 1 aromatic carbocycles. The van der Waals surface area contributed by atoms with Crippen LogP contribution in [0.25, 0.3) is 0 Å². The first-order chi connectivity index (χ1) is 8.85. The zero-order valence-electron chi connectivity index (χ0n) is 12.5. The van der Waals surface area contributed by atoms with E-state index in [1.165, 1.54) is 22.1 Å². The van der Waals surface area contributed by atoms with Gasteiger partial charge < -0.3 is 10.2 Å². The first-order valence-electron chi connectivity index (χ1n) is 7.11. The normalized spacial score (nSPS) is 20.1. The van der Waals surface area contributed by atoms with E-state index in [1.54, 1.807) is 0 Å². The summed E-state index contributed by atoms with van der Waals surface area (Å²) in [6.45, 7) is 12.3. The van der Waals surface area contributed by atoms with E-state index in [4.69, 9.17) is 0 Å². The molecule has 1 saturated heterocycles. The smallest absolute Gasteiger partial charge is 0.0510 e. The van der Waals surface area contributed by atoms with Gasteiger partial charge in [-0.2, -0.15) is 0 Å². The van der Waals surface area contributed by atoms with Crippen LogP contribution in [0.1, 0.15) is 32.8 Å². The van der Waals surface area contributed by atoms with Gasteiger partial charge in [-0.25, -0.2) is 0 Å². The van der Waals surface area contributed by atoms with E-state index in [0.717, 1.165) is 25.6 Å². The SMILES string of the molecule is Cc1ccc(N2CCC(CNC(C)(C)C)C2)c(Br)c1. The molecule has 0 radical (unpaired) electrons. The Morgan fingerprint density at radius 3 is 2.74 bits per heavy atom. The summed E-state index contributed by atoms with van der Waals surface area (Å²) in [6.07, 6.45) is 1.28. The van der Waals surface area contributed by atoms with Crippen LogP contribution in [0.3, 0.4) is 0 Å². The molecule has 0 saturated carbocycles. The number of halogens is 1. The van der Waals surface area contributed by atoms with E-state index in [0.29, 0.717) is 0 Å². The Hall–Kier alpha value is -0.540. The van der Waals surface area contributed by atoms with E-state index in [2.05, 4.69) is 72.0 Å². The van der Waals surface area contributed by atoms with Crippen molar-refractivity contribution in [2.45, 2.75) is 39.7 Å². The van der Waals surface area contributed by atoms with E-state index in [9.17, 15) is 0 Å². The summed E-state index contributed by atoms with van der Waals surface area (Å²) in [5.41, 5.74) is 2.86. The van der Waals surface area contributed by atoms with Crippen molar-refractivity contribution in [1.29, 1.82) is 0 Å². The van der Waals surface area contributed by atoms with Gasteiger partial charge in [-0.3, -0.25) is 0 Å². The summed E-state index contributed by atoms with van der Waals surface area (Å²) >= 11 is 3.69.